The van der Waals surface area contributed by atoms with Crippen molar-refractivity contribution in [3.05, 3.63) is 58.1 Å². The van der Waals surface area contributed by atoms with Crippen molar-refractivity contribution >= 4 is 21.4 Å². The summed E-state index contributed by atoms with van der Waals surface area (Å²) in [7, 11) is 0. The van der Waals surface area contributed by atoms with E-state index >= 15 is 0 Å². The molecule has 0 radical (unpaired) electrons. The van der Waals surface area contributed by atoms with Crippen molar-refractivity contribution in [1.29, 1.82) is 0 Å². The van der Waals surface area contributed by atoms with Gasteiger partial charge in [0.15, 0.2) is 0 Å². The summed E-state index contributed by atoms with van der Waals surface area (Å²) in [6.07, 6.45) is 2.16. The summed E-state index contributed by atoms with van der Waals surface area (Å²) in [6.45, 7) is 6.29. The molecular formula is C16H15BrN2. The number of imidazole rings is 1. The molecule has 0 saturated carbocycles. The second-order valence-corrected chi connectivity index (χ2v) is 5.69. The third kappa shape index (κ3) is 2.08. The Morgan fingerprint density at radius 1 is 1.05 bits per heavy atom. The van der Waals surface area contributed by atoms with Crippen LogP contribution in [0.15, 0.2) is 41.1 Å². The molecule has 1 aromatic carbocycles. The normalized spacial score (nSPS) is 11.2. The van der Waals surface area contributed by atoms with Crippen molar-refractivity contribution in [1.82, 2.24) is 9.38 Å². The van der Waals surface area contributed by atoms with Crippen molar-refractivity contribution in [3.63, 3.8) is 0 Å². The predicted octanol–water partition coefficient (Wildman–Crippen LogP) is 4.69. The van der Waals surface area contributed by atoms with E-state index in [4.69, 9.17) is 0 Å². The number of aromatic nitrogens is 2. The smallest absolute Gasteiger partial charge is 0.132 e. The van der Waals surface area contributed by atoms with E-state index in [2.05, 4.69) is 75.7 Å². The first-order valence-electron chi connectivity index (χ1n) is 6.28. The van der Waals surface area contributed by atoms with Crippen molar-refractivity contribution in [3.8, 4) is 11.1 Å². The maximum atomic E-state index is 4.44. The maximum absolute atomic E-state index is 4.44. The van der Waals surface area contributed by atoms with Gasteiger partial charge in [-0.2, -0.15) is 0 Å². The molecule has 0 aliphatic heterocycles. The van der Waals surface area contributed by atoms with Crippen LogP contribution in [0, 0.1) is 20.8 Å². The van der Waals surface area contributed by atoms with Gasteiger partial charge in [0.05, 0.1) is 5.52 Å². The highest BCUT2D eigenvalue weighted by molar-refractivity contribution is 9.10. The molecule has 0 aliphatic carbocycles. The van der Waals surface area contributed by atoms with Gasteiger partial charge < -0.3 is 4.40 Å². The number of rotatable bonds is 1. The molecule has 2 aromatic heterocycles. The van der Waals surface area contributed by atoms with Gasteiger partial charge in [-0.05, 0) is 59.5 Å². The first kappa shape index (κ1) is 12.4. The summed E-state index contributed by atoms with van der Waals surface area (Å²) >= 11 is 3.49. The lowest BCUT2D eigenvalue weighted by atomic mass is 10.00. The summed E-state index contributed by atoms with van der Waals surface area (Å²) in [6, 6.07) is 10.8. The molecule has 19 heavy (non-hydrogen) atoms. The van der Waals surface area contributed by atoms with Crippen LogP contribution in [0.3, 0.4) is 0 Å². The van der Waals surface area contributed by atoms with Crippen molar-refractivity contribution in [2.75, 3.05) is 0 Å². The Kier molecular flexibility index (Phi) is 2.94. The Labute approximate surface area is 121 Å². The largest absolute Gasteiger partial charge is 0.302 e. The lowest BCUT2D eigenvalue weighted by Gasteiger charge is -2.08. The van der Waals surface area contributed by atoms with Crippen LogP contribution in [-0.2, 0) is 0 Å². The number of aryl methyl sites for hydroxylation is 3. The summed E-state index contributed by atoms with van der Waals surface area (Å²) in [5, 5.41) is 0. The van der Waals surface area contributed by atoms with Crippen LogP contribution in [0.4, 0.5) is 0 Å². The number of nitrogens with zero attached hydrogens (tertiary/aromatic N) is 2. The fourth-order valence-electron chi connectivity index (χ4n) is 2.40. The van der Waals surface area contributed by atoms with Crippen molar-refractivity contribution < 1.29 is 0 Å². The molecule has 0 saturated heterocycles. The van der Waals surface area contributed by atoms with Gasteiger partial charge in [0.1, 0.15) is 10.4 Å². The number of hydrogen-bond donors (Lipinski definition) is 0. The maximum Gasteiger partial charge on any atom is 0.132 e. The summed E-state index contributed by atoms with van der Waals surface area (Å²) in [5.41, 5.74) is 6.19. The van der Waals surface area contributed by atoms with E-state index in [-0.39, 0.29) is 0 Å². The predicted molar refractivity (Wildman–Crippen MR) is 82.5 cm³/mol. The van der Waals surface area contributed by atoms with Crippen LogP contribution in [0.2, 0.25) is 0 Å². The van der Waals surface area contributed by atoms with E-state index < -0.39 is 0 Å². The highest BCUT2D eigenvalue weighted by atomic mass is 79.9. The molecule has 0 fully saturated rings. The minimum atomic E-state index is 0.900. The number of pyridine rings is 1. The molecule has 2 heterocycles. The molecule has 0 atom stereocenters. The molecular weight excluding hydrogens is 300 g/mol. The number of benzene rings is 1. The number of halogens is 1. The van der Waals surface area contributed by atoms with Crippen LogP contribution < -0.4 is 0 Å². The molecule has 0 spiro atoms. The van der Waals surface area contributed by atoms with Crippen LogP contribution in [-0.4, -0.2) is 9.38 Å². The second-order valence-electron chi connectivity index (χ2n) is 4.94. The monoisotopic (exact) mass is 314 g/mol. The van der Waals surface area contributed by atoms with E-state index in [1.807, 2.05) is 6.92 Å². The van der Waals surface area contributed by atoms with Crippen LogP contribution >= 0.6 is 15.9 Å². The fourth-order valence-corrected chi connectivity index (χ4v) is 2.98. The van der Waals surface area contributed by atoms with E-state index in [9.17, 15) is 0 Å². The Morgan fingerprint density at radius 3 is 2.63 bits per heavy atom. The third-order valence-electron chi connectivity index (χ3n) is 3.47. The lowest BCUT2D eigenvalue weighted by Crippen LogP contribution is -1.91. The van der Waals surface area contributed by atoms with E-state index in [1.54, 1.807) is 0 Å². The van der Waals surface area contributed by atoms with Crippen LogP contribution in [0.1, 0.15) is 17.0 Å². The standard InChI is InChI=1S/C16H15BrN2/c1-10-4-5-11(2)14(8-10)13-6-7-15-16(17)18-12(3)19(15)9-13/h4-9H,1-3H3. The molecule has 0 N–H and O–H groups in total. The Balaban J connectivity index is 2.26. The van der Waals surface area contributed by atoms with Crippen molar-refractivity contribution in [2.24, 2.45) is 0 Å². The molecule has 0 unspecified atom stereocenters. The van der Waals surface area contributed by atoms with Gasteiger partial charge in [-0.15, -0.1) is 0 Å². The molecule has 3 rings (SSSR count). The first-order chi connectivity index (χ1) is 9.06. The quantitative estimate of drug-likeness (QED) is 0.637. The second kappa shape index (κ2) is 4.49. The van der Waals surface area contributed by atoms with Gasteiger partial charge in [-0.3, -0.25) is 0 Å². The lowest BCUT2D eigenvalue weighted by molar-refractivity contribution is 1.04. The van der Waals surface area contributed by atoms with Gasteiger partial charge in [0.25, 0.3) is 0 Å². The van der Waals surface area contributed by atoms with Gasteiger partial charge in [0.2, 0.25) is 0 Å². The zero-order chi connectivity index (χ0) is 13.6. The molecule has 2 nitrogen and oxygen atoms in total. The minimum Gasteiger partial charge on any atom is -0.302 e. The number of hydrogen-bond acceptors (Lipinski definition) is 1. The SMILES string of the molecule is Cc1ccc(C)c(-c2ccc3c(Br)nc(C)n3c2)c1. The third-order valence-corrected chi connectivity index (χ3v) is 4.06. The zero-order valence-electron chi connectivity index (χ0n) is 11.2. The average molecular weight is 315 g/mol. The Morgan fingerprint density at radius 2 is 1.84 bits per heavy atom. The van der Waals surface area contributed by atoms with Crippen molar-refractivity contribution in [2.45, 2.75) is 20.8 Å². The first-order valence-corrected chi connectivity index (χ1v) is 7.07. The molecule has 0 bridgehead atoms. The highest BCUT2D eigenvalue weighted by Gasteiger charge is 2.08. The van der Waals surface area contributed by atoms with Crippen LogP contribution in [0.25, 0.3) is 16.6 Å². The highest BCUT2D eigenvalue weighted by Crippen LogP contribution is 2.27. The molecule has 0 amide bonds. The molecule has 96 valence electrons. The molecule has 0 aliphatic rings. The number of fused-ring (bicyclic) bond motifs is 1. The van der Waals surface area contributed by atoms with E-state index in [1.165, 1.54) is 22.3 Å². The summed E-state index contributed by atoms with van der Waals surface area (Å²) < 4.78 is 3.03. The van der Waals surface area contributed by atoms with Gasteiger partial charge in [-0.1, -0.05) is 29.8 Å². The summed E-state index contributed by atoms with van der Waals surface area (Å²) in [5.74, 6) is 0.994. The van der Waals surface area contributed by atoms with E-state index in [0.717, 1.165) is 15.9 Å². The Hall–Kier alpha value is -1.61. The van der Waals surface area contributed by atoms with Crippen LogP contribution in [0.5, 0.6) is 0 Å². The topological polar surface area (TPSA) is 17.3 Å². The molecule has 3 heteroatoms. The van der Waals surface area contributed by atoms with Gasteiger partial charge in [-0.25, -0.2) is 4.98 Å². The Bertz CT molecular complexity index is 772. The molecule has 3 aromatic rings. The fraction of sp³-hybridized carbons (Fsp3) is 0.188. The van der Waals surface area contributed by atoms with Gasteiger partial charge >= 0.3 is 0 Å². The average Bonchev–Trinajstić information content (AvgIpc) is 2.68. The summed E-state index contributed by atoms with van der Waals surface area (Å²) in [4.78, 5) is 4.44. The van der Waals surface area contributed by atoms with E-state index in [0.29, 0.717) is 0 Å². The minimum absolute atomic E-state index is 0.900. The van der Waals surface area contributed by atoms with Gasteiger partial charge in [0, 0.05) is 6.20 Å². The zero-order valence-corrected chi connectivity index (χ0v) is 12.8.